The molecular weight excluding hydrogens is 402 g/mol. The van der Waals surface area contributed by atoms with Crippen molar-refractivity contribution in [3.8, 4) is 0 Å². The molecule has 4 nitrogen and oxygen atoms in total. The van der Waals surface area contributed by atoms with Crippen LogP contribution in [0.5, 0.6) is 0 Å². The highest BCUT2D eigenvalue weighted by Crippen LogP contribution is 2.37. The molecule has 2 aromatic carbocycles. The summed E-state index contributed by atoms with van der Waals surface area (Å²) in [4.78, 5) is 0.131. The van der Waals surface area contributed by atoms with Gasteiger partial charge in [-0.3, -0.25) is 4.28 Å². The van der Waals surface area contributed by atoms with Crippen molar-refractivity contribution in [2.75, 3.05) is 12.0 Å². The predicted octanol–water partition coefficient (Wildman–Crippen LogP) is 5.63. The lowest BCUT2D eigenvalue weighted by atomic mass is 9.78. The molecule has 0 saturated heterocycles. The maximum atomic E-state index is 12.7. The molecular formula is C23H29NO3S2. The fourth-order valence-electron chi connectivity index (χ4n) is 3.71. The second-order valence-electron chi connectivity index (χ2n) is 8.52. The summed E-state index contributed by atoms with van der Waals surface area (Å²) in [5.74, 6) is 1.33. The van der Waals surface area contributed by atoms with E-state index in [0.717, 1.165) is 29.7 Å². The molecule has 0 fully saturated rings. The number of hydrogen-bond acceptors (Lipinski definition) is 5. The second-order valence-corrected chi connectivity index (χ2v) is 11.0. The van der Waals surface area contributed by atoms with E-state index in [-0.39, 0.29) is 10.3 Å². The molecule has 6 heteroatoms. The first-order chi connectivity index (χ1) is 13.7. The van der Waals surface area contributed by atoms with Crippen molar-refractivity contribution in [3.63, 3.8) is 0 Å². The van der Waals surface area contributed by atoms with Crippen LogP contribution in [0.3, 0.4) is 0 Å². The summed E-state index contributed by atoms with van der Waals surface area (Å²) in [5.41, 5.74) is 4.10. The fourth-order valence-corrected chi connectivity index (χ4v) is 5.48. The van der Waals surface area contributed by atoms with Gasteiger partial charge in [-0.1, -0.05) is 62.3 Å². The number of aryl methyl sites for hydroxylation is 1. The van der Waals surface area contributed by atoms with E-state index < -0.39 is 10.1 Å². The van der Waals surface area contributed by atoms with Gasteiger partial charge in [-0.2, -0.15) is 20.2 Å². The summed E-state index contributed by atoms with van der Waals surface area (Å²) in [5, 5.41) is 4.02. The van der Waals surface area contributed by atoms with Gasteiger partial charge in [0.1, 0.15) is 4.90 Å². The SMILES string of the molecule is CSCC(c1ccc(S(=O)(=O)ON=C2CCCc3ccccc32)cc1)C(C)(C)C. The van der Waals surface area contributed by atoms with Crippen molar-refractivity contribution in [1.82, 2.24) is 0 Å². The Labute approximate surface area is 178 Å². The Morgan fingerprint density at radius 1 is 1.07 bits per heavy atom. The molecule has 1 atom stereocenters. The second kappa shape index (κ2) is 8.92. The molecule has 0 radical (unpaired) electrons. The maximum Gasteiger partial charge on any atom is 0.358 e. The van der Waals surface area contributed by atoms with Crippen molar-refractivity contribution in [2.24, 2.45) is 10.6 Å². The van der Waals surface area contributed by atoms with Gasteiger partial charge in [0.2, 0.25) is 0 Å². The molecule has 3 rings (SSSR count). The maximum absolute atomic E-state index is 12.7. The monoisotopic (exact) mass is 431 g/mol. The lowest BCUT2D eigenvalue weighted by Crippen LogP contribution is -2.20. The lowest BCUT2D eigenvalue weighted by molar-refractivity contribution is 0.337. The molecule has 0 spiro atoms. The van der Waals surface area contributed by atoms with Gasteiger partial charge in [0, 0.05) is 11.3 Å². The van der Waals surface area contributed by atoms with Crippen molar-refractivity contribution < 1.29 is 12.7 Å². The summed E-state index contributed by atoms with van der Waals surface area (Å²) < 4.78 is 30.4. The van der Waals surface area contributed by atoms with Gasteiger partial charge in [0.25, 0.3) is 0 Å². The highest BCUT2D eigenvalue weighted by Gasteiger charge is 2.26. The van der Waals surface area contributed by atoms with Crippen LogP contribution in [0, 0.1) is 5.41 Å². The van der Waals surface area contributed by atoms with E-state index in [0.29, 0.717) is 18.1 Å². The summed E-state index contributed by atoms with van der Waals surface area (Å²) in [6.45, 7) is 6.62. The number of benzene rings is 2. The van der Waals surface area contributed by atoms with Crippen molar-refractivity contribution >= 4 is 27.6 Å². The van der Waals surface area contributed by atoms with E-state index in [1.807, 2.05) is 30.3 Å². The first kappa shape index (κ1) is 21.9. The van der Waals surface area contributed by atoms with Crippen LogP contribution in [0.2, 0.25) is 0 Å². The molecule has 156 valence electrons. The average molecular weight is 432 g/mol. The Morgan fingerprint density at radius 3 is 2.41 bits per heavy atom. The van der Waals surface area contributed by atoms with Crippen molar-refractivity contribution in [3.05, 3.63) is 65.2 Å². The van der Waals surface area contributed by atoms with Crippen LogP contribution in [0.1, 0.15) is 56.2 Å². The van der Waals surface area contributed by atoms with Gasteiger partial charge in [0.15, 0.2) is 0 Å². The van der Waals surface area contributed by atoms with Crippen LogP contribution in [-0.2, 0) is 20.8 Å². The topological polar surface area (TPSA) is 55.7 Å². The first-order valence-corrected chi connectivity index (χ1v) is 12.7. The number of thioether (sulfide) groups is 1. The zero-order valence-corrected chi connectivity index (χ0v) is 19.1. The first-order valence-electron chi connectivity index (χ1n) is 9.90. The normalized spacial score (nSPS) is 17.0. The Kier molecular flexibility index (Phi) is 6.74. The molecule has 0 aliphatic heterocycles. The zero-order chi connectivity index (χ0) is 21.1. The quantitative estimate of drug-likeness (QED) is 0.557. The highest BCUT2D eigenvalue weighted by molar-refractivity contribution is 7.98. The molecule has 1 aliphatic carbocycles. The molecule has 0 saturated carbocycles. The van der Waals surface area contributed by atoms with Crippen molar-refractivity contribution in [2.45, 2.75) is 50.8 Å². The third kappa shape index (κ3) is 5.23. The molecule has 0 heterocycles. The Morgan fingerprint density at radius 2 is 1.76 bits per heavy atom. The van der Waals surface area contributed by atoms with Gasteiger partial charge >= 0.3 is 10.1 Å². The fraction of sp³-hybridized carbons (Fsp3) is 0.435. The Hall–Kier alpha value is -1.79. The van der Waals surface area contributed by atoms with Crippen LogP contribution < -0.4 is 0 Å². The molecule has 1 aliphatic rings. The van der Waals surface area contributed by atoms with Crippen LogP contribution in [0.25, 0.3) is 0 Å². The molecule has 0 N–H and O–H groups in total. The minimum absolute atomic E-state index is 0.0975. The third-order valence-electron chi connectivity index (χ3n) is 5.38. The number of rotatable bonds is 6. The third-order valence-corrected chi connectivity index (χ3v) is 7.17. The van der Waals surface area contributed by atoms with E-state index in [1.54, 1.807) is 23.9 Å². The van der Waals surface area contributed by atoms with Gasteiger partial charge in [-0.25, -0.2) is 0 Å². The Balaban J connectivity index is 1.80. The number of fused-ring (bicyclic) bond motifs is 1. The van der Waals surface area contributed by atoms with Crippen LogP contribution in [-0.4, -0.2) is 26.1 Å². The van der Waals surface area contributed by atoms with Crippen LogP contribution >= 0.6 is 11.8 Å². The lowest BCUT2D eigenvalue weighted by Gasteiger charge is -2.30. The number of nitrogens with zero attached hydrogens (tertiary/aromatic N) is 1. The van der Waals surface area contributed by atoms with E-state index in [4.69, 9.17) is 4.28 Å². The molecule has 0 aromatic heterocycles. The summed E-state index contributed by atoms with van der Waals surface area (Å²) in [6, 6.07) is 15.0. The largest absolute Gasteiger partial charge is 0.358 e. The standard InChI is InChI=1S/C23H29NO3S2/c1-23(2,3)21(16-28-4)18-12-14-19(15-13-18)29(25,26)27-24-22-11-7-9-17-8-5-6-10-20(17)22/h5-6,8,10,12-15,21H,7,9,11,16H2,1-4H3. The van der Waals surface area contributed by atoms with E-state index >= 15 is 0 Å². The van der Waals surface area contributed by atoms with Crippen LogP contribution in [0.15, 0.2) is 58.6 Å². The smallest absolute Gasteiger partial charge is 0.264 e. The van der Waals surface area contributed by atoms with Crippen LogP contribution in [0.4, 0.5) is 0 Å². The van der Waals surface area contributed by atoms with Gasteiger partial charge in [-0.05, 0) is 60.1 Å². The van der Waals surface area contributed by atoms with Gasteiger partial charge < -0.3 is 0 Å². The summed E-state index contributed by atoms with van der Waals surface area (Å²) in [7, 11) is -3.95. The molecule has 29 heavy (non-hydrogen) atoms. The Bertz CT molecular complexity index is 974. The minimum atomic E-state index is -3.95. The van der Waals surface area contributed by atoms with Gasteiger partial charge in [-0.15, -0.1) is 0 Å². The predicted molar refractivity (Wildman–Crippen MR) is 121 cm³/mol. The van der Waals surface area contributed by atoms with E-state index in [1.165, 1.54) is 5.56 Å². The van der Waals surface area contributed by atoms with E-state index in [2.05, 4.69) is 38.2 Å². The molecule has 1 unspecified atom stereocenters. The summed E-state index contributed by atoms with van der Waals surface area (Å²) in [6.07, 6.45) is 4.73. The van der Waals surface area contributed by atoms with E-state index in [9.17, 15) is 8.42 Å². The zero-order valence-electron chi connectivity index (χ0n) is 17.5. The molecule has 2 aromatic rings. The molecule has 0 bridgehead atoms. The highest BCUT2D eigenvalue weighted by atomic mass is 32.2. The summed E-state index contributed by atoms with van der Waals surface area (Å²) >= 11 is 1.80. The molecule has 0 amide bonds. The van der Waals surface area contributed by atoms with Gasteiger partial charge in [0.05, 0.1) is 5.71 Å². The average Bonchev–Trinajstić information content (AvgIpc) is 2.70. The number of hydrogen-bond donors (Lipinski definition) is 0. The van der Waals surface area contributed by atoms with Crippen molar-refractivity contribution in [1.29, 1.82) is 0 Å². The minimum Gasteiger partial charge on any atom is -0.264 e. The number of oxime groups is 1.